The Labute approximate surface area is 283 Å². The summed E-state index contributed by atoms with van der Waals surface area (Å²) < 4.78 is 5.35. The van der Waals surface area contributed by atoms with E-state index in [1.807, 2.05) is 45.2 Å². The maximum absolute atomic E-state index is 13.3. The van der Waals surface area contributed by atoms with E-state index < -0.39 is 6.04 Å². The second-order valence-corrected chi connectivity index (χ2v) is 14.0. The number of hydrogen-bond donors (Lipinski definition) is 2. The number of ether oxygens (including phenoxy) is 1. The quantitative estimate of drug-likeness (QED) is 0.267. The summed E-state index contributed by atoms with van der Waals surface area (Å²) in [5.74, 6) is 0.409. The van der Waals surface area contributed by atoms with E-state index in [2.05, 4.69) is 58.5 Å². The molecule has 10 nitrogen and oxygen atoms in total. The minimum Gasteiger partial charge on any atom is -0.381 e. The summed E-state index contributed by atoms with van der Waals surface area (Å²) in [6.45, 7) is 11.3. The van der Waals surface area contributed by atoms with E-state index >= 15 is 0 Å². The van der Waals surface area contributed by atoms with Crippen LogP contribution in [-0.2, 0) is 19.1 Å². The number of likely N-dealkylation sites (tertiary alicyclic amines) is 2. The topological polar surface area (TPSA) is 120 Å². The van der Waals surface area contributed by atoms with Gasteiger partial charge in [-0.3, -0.25) is 24.5 Å². The highest BCUT2D eigenvalue weighted by Gasteiger charge is 2.38. The van der Waals surface area contributed by atoms with Crippen LogP contribution in [0.15, 0.2) is 53.7 Å². The number of carbonyl (C=O) groups excluding carboxylic acids is 3. The summed E-state index contributed by atoms with van der Waals surface area (Å²) in [7, 11) is 1.59. The van der Waals surface area contributed by atoms with Gasteiger partial charge in [0.15, 0.2) is 5.82 Å². The molecule has 6 rings (SSSR count). The monoisotopic (exact) mass is 652 g/mol. The smallest absolute Gasteiger partial charge is 0.248 e. The molecule has 0 saturated carbocycles. The third kappa shape index (κ3) is 6.55. The molecule has 3 amide bonds. The molecule has 2 aromatic carbocycles. The van der Waals surface area contributed by atoms with Crippen molar-refractivity contribution in [1.29, 1.82) is 0 Å². The summed E-state index contributed by atoms with van der Waals surface area (Å²) in [6, 6.07) is 14.1. The van der Waals surface area contributed by atoms with Crippen molar-refractivity contribution in [3.8, 4) is 11.1 Å². The van der Waals surface area contributed by atoms with Crippen molar-refractivity contribution in [3.05, 3.63) is 54.2 Å². The van der Waals surface area contributed by atoms with Crippen molar-refractivity contribution < 1.29 is 19.1 Å². The average molecular weight is 653 g/mol. The second kappa shape index (κ2) is 14.0. The summed E-state index contributed by atoms with van der Waals surface area (Å²) in [4.78, 5) is 48.1. The highest BCUT2D eigenvalue weighted by molar-refractivity contribution is 6.05. The van der Waals surface area contributed by atoms with Crippen molar-refractivity contribution in [2.75, 3.05) is 25.5 Å². The molecular weight excluding hydrogens is 604 g/mol. The van der Waals surface area contributed by atoms with E-state index in [0.29, 0.717) is 24.7 Å². The molecule has 4 heterocycles. The number of benzene rings is 2. The summed E-state index contributed by atoms with van der Waals surface area (Å²) in [6.07, 6.45) is 5.89. The molecule has 5 atom stereocenters. The van der Waals surface area contributed by atoms with Gasteiger partial charge in [-0.05, 0) is 72.9 Å². The van der Waals surface area contributed by atoms with Crippen molar-refractivity contribution in [1.82, 2.24) is 20.0 Å². The Bertz CT molecular complexity index is 1740. The van der Waals surface area contributed by atoms with Gasteiger partial charge in [-0.2, -0.15) is 5.10 Å². The lowest BCUT2D eigenvalue weighted by atomic mass is 9.94. The van der Waals surface area contributed by atoms with Crippen molar-refractivity contribution in [2.45, 2.75) is 84.9 Å². The molecule has 2 N–H and O–H groups in total. The van der Waals surface area contributed by atoms with Gasteiger partial charge in [-0.15, -0.1) is 0 Å². The third-order valence-corrected chi connectivity index (χ3v) is 10.8. The number of hydrogen-bond acceptors (Lipinski definition) is 6. The lowest BCUT2D eigenvalue weighted by molar-refractivity contribution is -0.143. The molecule has 0 unspecified atom stereocenters. The van der Waals surface area contributed by atoms with Crippen LogP contribution in [-0.4, -0.2) is 81.8 Å². The van der Waals surface area contributed by atoms with Crippen LogP contribution in [0, 0.1) is 17.8 Å². The van der Waals surface area contributed by atoms with Crippen molar-refractivity contribution in [2.24, 2.45) is 22.7 Å². The van der Waals surface area contributed by atoms with E-state index in [-0.39, 0.29) is 41.7 Å². The molecule has 0 spiro atoms. The largest absolute Gasteiger partial charge is 0.381 e. The number of methoxy groups -OCH3 is 1. The van der Waals surface area contributed by atoms with Gasteiger partial charge in [0.1, 0.15) is 6.04 Å². The predicted molar refractivity (Wildman–Crippen MR) is 189 cm³/mol. The highest BCUT2D eigenvalue weighted by Crippen LogP contribution is 2.33. The number of nitrogens with zero attached hydrogens (tertiary/aromatic N) is 4. The number of allylic oxidation sites excluding steroid dienone is 1. The number of aliphatic imine (C=N–C) groups is 1. The Morgan fingerprint density at radius 2 is 1.54 bits per heavy atom. The number of aromatic amines is 1. The van der Waals surface area contributed by atoms with Gasteiger partial charge in [0.05, 0.1) is 23.6 Å². The van der Waals surface area contributed by atoms with Gasteiger partial charge >= 0.3 is 0 Å². The molecule has 2 saturated heterocycles. The van der Waals surface area contributed by atoms with Crippen LogP contribution in [0.25, 0.3) is 27.6 Å². The van der Waals surface area contributed by atoms with Crippen LogP contribution < -0.4 is 5.32 Å². The van der Waals surface area contributed by atoms with Gasteiger partial charge in [-0.1, -0.05) is 58.0 Å². The van der Waals surface area contributed by atoms with Gasteiger partial charge in [-0.25, -0.2) is 0 Å². The molecule has 1 aromatic heterocycles. The lowest BCUT2D eigenvalue weighted by Crippen LogP contribution is -2.47. The van der Waals surface area contributed by atoms with E-state index in [1.165, 1.54) is 5.57 Å². The maximum atomic E-state index is 13.3. The fourth-order valence-corrected chi connectivity index (χ4v) is 7.09. The van der Waals surface area contributed by atoms with Crippen LogP contribution in [0.4, 0.5) is 5.82 Å². The maximum Gasteiger partial charge on any atom is 0.248 e. The second-order valence-electron chi connectivity index (χ2n) is 14.0. The Morgan fingerprint density at radius 1 is 0.875 bits per heavy atom. The van der Waals surface area contributed by atoms with Crippen molar-refractivity contribution in [3.63, 3.8) is 0 Å². The molecular formula is C38H48N6O4. The Hall–Kier alpha value is -4.31. The van der Waals surface area contributed by atoms with E-state index in [0.717, 1.165) is 65.5 Å². The molecule has 254 valence electrons. The molecule has 0 aliphatic carbocycles. The van der Waals surface area contributed by atoms with Crippen LogP contribution in [0.3, 0.4) is 0 Å². The molecule has 10 heteroatoms. The van der Waals surface area contributed by atoms with Gasteiger partial charge in [0.2, 0.25) is 17.7 Å². The van der Waals surface area contributed by atoms with Crippen LogP contribution in [0.5, 0.6) is 0 Å². The first-order chi connectivity index (χ1) is 23.1. The Morgan fingerprint density at radius 3 is 2.27 bits per heavy atom. The standard InChI is InChI=1S/C38H48N6O4/c1-22(2)23(3)37(46)43-17-7-9-33(43)32-20-29(21-39-32)27-13-11-26(12-14-27)28-15-16-30-31(19-28)41-42-35(30)40-36(45)34-10-8-18-44(34)38(47)24(4)25(5)48-6/h11-16,19,21-25,33-34H,7-10,17-18,20H2,1-6H3,(H2,40,41,42,45)/t23-,24-,25+,33-,34-/m0/s1. The number of rotatable bonds is 10. The Balaban J connectivity index is 1.09. The third-order valence-electron chi connectivity index (χ3n) is 10.8. The molecule has 3 aliphatic heterocycles. The highest BCUT2D eigenvalue weighted by atomic mass is 16.5. The normalized spacial score (nSPS) is 21.4. The fourth-order valence-electron chi connectivity index (χ4n) is 7.09. The molecule has 3 aromatic rings. The van der Waals surface area contributed by atoms with Gasteiger partial charge in [0.25, 0.3) is 0 Å². The number of H-pyrrole nitrogens is 1. The molecule has 3 aliphatic rings. The molecule has 2 fully saturated rings. The number of aromatic nitrogens is 2. The summed E-state index contributed by atoms with van der Waals surface area (Å²) in [5, 5.41) is 11.2. The first-order valence-corrected chi connectivity index (χ1v) is 17.4. The zero-order chi connectivity index (χ0) is 34.1. The number of amides is 3. The van der Waals surface area contributed by atoms with Gasteiger partial charge in [0, 0.05) is 49.8 Å². The van der Waals surface area contributed by atoms with E-state index in [4.69, 9.17) is 9.73 Å². The minimum atomic E-state index is -0.529. The molecule has 0 radical (unpaired) electrons. The van der Waals surface area contributed by atoms with Crippen LogP contribution >= 0.6 is 0 Å². The number of nitrogens with one attached hydrogen (secondary N) is 2. The molecule has 48 heavy (non-hydrogen) atoms. The van der Waals surface area contributed by atoms with E-state index in [9.17, 15) is 14.4 Å². The fraction of sp³-hybridized carbons (Fsp3) is 0.500. The predicted octanol–water partition coefficient (Wildman–Crippen LogP) is 6.30. The zero-order valence-corrected chi connectivity index (χ0v) is 29.0. The first-order valence-electron chi connectivity index (χ1n) is 17.4. The summed E-state index contributed by atoms with van der Waals surface area (Å²) in [5.41, 5.74) is 6.29. The number of carbonyl (C=O) groups is 3. The number of fused-ring (bicyclic) bond motifs is 1. The zero-order valence-electron chi connectivity index (χ0n) is 29.0. The van der Waals surface area contributed by atoms with Gasteiger partial charge < -0.3 is 19.9 Å². The number of anilines is 1. The van der Waals surface area contributed by atoms with Crippen LogP contribution in [0.1, 0.15) is 72.3 Å². The van der Waals surface area contributed by atoms with Crippen molar-refractivity contribution >= 4 is 45.7 Å². The first kappa shape index (κ1) is 33.6. The average Bonchev–Trinajstić information content (AvgIpc) is 3.93. The van der Waals surface area contributed by atoms with E-state index in [1.54, 1.807) is 12.0 Å². The lowest BCUT2D eigenvalue weighted by Gasteiger charge is -2.29. The SMILES string of the molecule is CO[C@H](C)[C@H](C)C(=O)N1CCC[C@H]1C(=O)Nc1n[nH]c2cc(-c3ccc(C4=CN=C([C@@H]5CCCN5C(=O)[C@@H](C)C(C)C)C4)cc3)ccc12. The molecule has 0 bridgehead atoms. The van der Waals surface area contributed by atoms with Crippen LogP contribution in [0.2, 0.25) is 0 Å². The Kier molecular flexibility index (Phi) is 9.83. The minimum absolute atomic E-state index is 0.0122. The summed E-state index contributed by atoms with van der Waals surface area (Å²) >= 11 is 0.